The lowest BCUT2D eigenvalue weighted by molar-refractivity contribution is 0.145. The fourth-order valence-electron chi connectivity index (χ4n) is 6.39. The standard InChI is InChI=1S/C27H42ClF3Si/c1-2-3-6-17-32-18-15-22(16-19-32)21-11-9-20(10-12-21)7-4-5-8-23-13-14-24(28)26(29)25(23)27(30)31/h13-14,20-22,27,32H,2-12,15-19H2,1H3/t20-,21-,22?,32?. The van der Waals surface area contributed by atoms with Crippen LogP contribution in [0.3, 0.4) is 0 Å². The van der Waals surface area contributed by atoms with Crippen LogP contribution in [-0.4, -0.2) is 8.80 Å². The van der Waals surface area contributed by atoms with Crippen LogP contribution in [0, 0.1) is 23.6 Å². The van der Waals surface area contributed by atoms with Crippen molar-refractivity contribution in [1.29, 1.82) is 0 Å². The number of hydrogen-bond donors (Lipinski definition) is 0. The molecule has 0 aromatic heterocycles. The van der Waals surface area contributed by atoms with E-state index in [1.165, 1.54) is 70.3 Å². The number of alkyl halides is 2. The molecule has 1 saturated carbocycles. The Morgan fingerprint density at radius 1 is 0.938 bits per heavy atom. The molecule has 0 unspecified atom stereocenters. The van der Waals surface area contributed by atoms with Gasteiger partial charge >= 0.3 is 0 Å². The number of benzene rings is 1. The van der Waals surface area contributed by atoms with E-state index in [9.17, 15) is 13.2 Å². The van der Waals surface area contributed by atoms with Gasteiger partial charge in [0.2, 0.25) is 0 Å². The SMILES string of the molecule is CCCCC[SiH]1CCC([C@H]2CC[C@H](CCCCc3ccc(Cl)c(F)c3C(F)F)CC2)CC1. The highest BCUT2D eigenvalue weighted by Gasteiger charge is 2.31. The molecule has 182 valence electrons. The maximum atomic E-state index is 14.0. The van der Waals surface area contributed by atoms with Crippen molar-refractivity contribution < 1.29 is 13.2 Å². The lowest BCUT2D eigenvalue weighted by atomic mass is 9.73. The van der Waals surface area contributed by atoms with Crippen LogP contribution in [-0.2, 0) is 6.42 Å². The lowest BCUT2D eigenvalue weighted by Gasteiger charge is -2.37. The molecule has 0 nitrogen and oxygen atoms in total. The van der Waals surface area contributed by atoms with Gasteiger partial charge in [-0.2, -0.15) is 0 Å². The second kappa shape index (κ2) is 13.4. The second-order valence-corrected chi connectivity index (χ2v) is 14.4. The van der Waals surface area contributed by atoms with E-state index in [-0.39, 0.29) is 5.02 Å². The summed E-state index contributed by atoms with van der Waals surface area (Å²) in [4.78, 5) is 0. The zero-order chi connectivity index (χ0) is 22.9. The summed E-state index contributed by atoms with van der Waals surface area (Å²) in [5.74, 6) is 1.80. The molecule has 1 aliphatic heterocycles. The van der Waals surface area contributed by atoms with Crippen LogP contribution in [0.15, 0.2) is 12.1 Å². The van der Waals surface area contributed by atoms with Gasteiger partial charge in [-0.05, 0) is 55.1 Å². The van der Waals surface area contributed by atoms with E-state index >= 15 is 0 Å². The van der Waals surface area contributed by atoms with Crippen LogP contribution in [0.4, 0.5) is 13.2 Å². The fraction of sp³-hybridized carbons (Fsp3) is 0.778. The molecule has 2 aliphatic rings. The Morgan fingerprint density at radius 2 is 1.62 bits per heavy atom. The van der Waals surface area contributed by atoms with Crippen LogP contribution in [0.2, 0.25) is 23.2 Å². The normalized spacial score (nSPS) is 26.6. The molecule has 0 radical (unpaired) electrons. The molecule has 1 aromatic rings. The minimum Gasteiger partial charge on any atom is -0.205 e. The second-order valence-electron chi connectivity index (χ2n) is 10.5. The van der Waals surface area contributed by atoms with Gasteiger partial charge in [-0.3, -0.25) is 0 Å². The minimum absolute atomic E-state index is 0.215. The van der Waals surface area contributed by atoms with Gasteiger partial charge in [-0.25, -0.2) is 13.2 Å². The van der Waals surface area contributed by atoms with Crippen LogP contribution in [0.25, 0.3) is 0 Å². The molecule has 0 amide bonds. The smallest absolute Gasteiger partial charge is 0.205 e. The van der Waals surface area contributed by atoms with Gasteiger partial charge in [-0.15, -0.1) is 0 Å². The number of hydrogen-bond acceptors (Lipinski definition) is 0. The van der Waals surface area contributed by atoms with Gasteiger partial charge in [0.1, 0.15) is 0 Å². The maximum absolute atomic E-state index is 14.0. The highest BCUT2D eigenvalue weighted by molar-refractivity contribution is 6.58. The van der Waals surface area contributed by atoms with Crippen molar-refractivity contribution in [3.8, 4) is 0 Å². The first-order chi connectivity index (χ1) is 15.5. The Morgan fingerprint density at radius 3 is 2.28 bits per heavy atom. The van der Waals surface area contributed by atoms with Gasteiger partial charge in [0.05, 0.1) is 10.6 Å². The van der Waals surface area contributed by atoms with Crippen molar-refractivity contribution in [2.24, 2.45) is 17.8 Å². The predicted molar refractivity (Wildman–Crippen MR) is 133 cm³/mol. The lowest BCUT2D eigenvalue weighted by Crippen LogP contribution is -2.28. The zero-order valence-corrected chi connectivity index (χ0v) is 21.8. The van der Waals surface area contributed by atoms with Gasteiger partial charge in [0.15, 0.2) is 5.82 Å². The quantitative estimate of drug-likeness (QED) is 0.215. The van der Waals surface area contributed by atoms with E-state index in [0.717, 1.165) is 30.6 Å². The average molecular weight is 487 g/mol. The molecular weight excluding hydrogens is 445 g/mol. The maximum Gasteiger partial charge on any atom is 0.266 e. The largest absolute Gasteiger partial charge is 0.266 e. The molecule has 0 N–H and O–H groups in total. The average Bonchev–Trinajstić information content (AvgIpc) is 2.80. The van der Waals surface area contributed by atoms with Gasteiger partial charge in [0.25, 0.3) is 6.43 Å². The Bertz CT molecular complexity index is 680. The molecule has 1 aliphatic carbocycles. The summed E-state index contributed by atoms with van der Waals surface area (Å²) in [6.45, 7) is 2.30. The number of aryl methyl sites for hydroxylation is 1. The monoisotopic (exact) mass is 486 g/mol. The molecule has 0 atom stereocenters. The Labute approximate surface area is 200 Å². The number of halogens is 4. The first kappa shape index (κ1) is 26.1. The molecule has 1 aromatic carbocycles. The van der Waals surface area contributed by atoms with Gasteiger partial charge < -0.3 is 0 Å². The summed E-state index contributed by atoms with van der Waals surface area (Å²) in [5, 5.41) is -0.215. The predicted octanol–water partition coefficient (Wildman–Crippen LogP) is 9.76. The van der Waals surface area contributed by atoms with Crippen molar-refractivity contribution in [1.82, 2.24) is 0 Å². The van der Waals surface area contributed by atoms with Crippen molar-refractivity contribution >= 4 is 20.4 Å². The highest BCUT2D eigenvalue weighted by Crippen LogP contribution is 2.42. The van der Waals surface area contributed by atoms with Crippen molar-refractivity contribution in [2.45, 2.75) is 115 Å². The first-order valence-corrected chi connectivity index (χ1v) is 16.1. The Hall–Kier alpha value is -0.483. The molecule has 1 heterocycles. The van der Waals surface area contributed by atoms with E-state index < -0.39 is 26.6 Å². The molecule has 5 heteroatoms. The van der Waals surface area contributed by atoms with E-state index in [0.29, 0.717) is 12.0 Å². The van der Waals surface area contributed by atoms with E-state index in [4.69, 9.17) is 11.6 Å². The number of unbranched alkanes of at least 4 members (excludes halogenated alkanes) is 3. The van der Waals surface area contributed by atoms with Crippen LogP contribution < -0.4 is 0 Å². The summed E-state index contributed by atoms with van der Waals surface area (Å²) >= 11 is 5.69. The summed E-state index contributed by atoms with van der Waals surface area (Å²) in [7, 11) is -0.402. The third-order valence-electron chi connectivity index (χ3n) is 8.42. The fourth-order valence-corrected chi connectivity index (χ4v) is 10.1. The van der Waals surface area contributed by atoms with Gasteiger partial charge in [-0.1, -0.05) is 101 Å². The minimum atomic E-state index is -2.81. The third-order valence-corrected chi connectivity index (χ3v) is 12.2. The Balaban J connectivity index is 1.32. The molecule has 32 heavy (non-hydrogen) atoms. The van der Waals surface area contributed by atoms with Crippen molar-refractivity contribution in [2.75, 3.05) is 0 Å². The summed E-state index contributed by atoms with van der Waals surface area (Å²) in [5.41, 5.74) is -0.0828. The van der Waals surface area contributed by atoms with Crippen LogP contribution in [0.1, 0.15) is 102 Å². The molecule has 1 saturated heterocycles. The molecular formula is C27H42ClF3Si. The molecule has 2 fully saturated rings. The van der Waals surface area contributed by atoms with Crippen molar-refractivity contribution in [3.05, 3.63) is 34.1 Å². The van der Waals surface area contributed by atoms with E-state index in [1.54, 1.807) is 24.2 Å². The Kier molecular flexibility index (Phi) is 11.0. The molecule has 0 spiro atoms. The highest BCUT2D eigenvalue weighted by atomic mass is 35.5. The van der Waals surface area contributed by atoms with E-state index in [1.807, 2.05) is 0 Å². The molecule has 3 rings (SSSR count). The first-order valence-electron chi connectivity index (χ1n) is 13.2. The van der Waals surface area contributed by atoms with E-state index in [2.05, 4.69) is 6.92 Å². The topological polar surface area (TPSA) is 0 Å². The molecule has 0 bridgehead atoms. The van der Waals surface area contributed by atoms with Crippen LogP contribution in [0.5, 0.6) is 0 Å². The summed E-state index contributed by atoms with van der Waals surface area (Å²) in [6, 6.07) is 7.76. The van der Waals surface area contributed by atoms with Gasteiger partial charge in [0, 0.05) is 8.80 Å². The summed E-state index contributed by atoms with van der Waals surface area (Å²) in [6.07, 6.45) is 13.5. The third kappa shape index (κ3) is 7.51. The number of rotatable bonds is 11. The van der Waals surface area contributed by atoms with Crippen LogP contribution >= 0.6 is 11.6 Å². The van der Waals surface area contributed by atoms with Crippen molar-refractivity contribution in [3.63, 3.8) is 0 Å². The summed E-state index contributed by atoms with van der Waals surface area (Å²) < 4.78 is 40.5. The zero-order valence-electron chi connectivity index (χ0n) is 19.9.